The Morgan fingerprint density at radius 3 is 2.67 bits per heavy atom. The van der Waals surface area contributed by atoms with Crippen LogP contribution in [-0.4, -0.2) is 13.2 Å². The number of nitrogen functional groups attached to an aromatic ring is 1. The number of anilines is 3. The van der Waals surface area contributed by atoms with Crippen LogP contribution in [-0.2, 0) is 0 Å². The van der Waals surface area contributed by atoms with Crippen LogP contribution in [0.4, 0.5) is 17.1 Å². The second-order valence-corrected chi connectivity index (χ2v) is 4.91. The molecule has 0 radical (unpaired) electrons. The summed E-state index contributed by atoms with van der Waals surface area (Å²) in [5, 5.41) is 3.29. The first kappa shape index (κ1) is 15.0. The van der Waals surface area contributed by atoms with Crippen LogP contribution in [0.3, 0.4) is 0 Å². The minimum absolute atomic E-state index is 0.196. The second-order valence-electron chi connectivity index (χ2n) is 4.91. The molecule has 0 saturated heterocycles. The van der Waals surface area contributed by atoms with Crippen LogP contribution < -0.4 is 20.5 Å². The molecule has 2 aromatic carbocycles. The van der Waals surface area contributed by atoms with Gasteiger partial charge in [0.25, 0.3) is 0 Å². The summed E-state index contributed by atoms with van der Waals surface area (Å²) < 4.78 is 11.0. The molecule has 1 unspecified atom stereocenters. The minimum atomic E-state index is 0.196. The van der Waals surface area contributed by atoms with Gasteiger partial charge in [-0.2, -0.15) is 0 Å². The SMILES string of the molecule is CCC(C)Oc1cccc(Nc2cccc(OC)c2N)c1. The number of rotatable bonds is 6. The predicted molar refractivity (Wildman–Crippen MR) is 87.5 cm³/mol. The third kappa shape index (κ3) is 3.81. The number of benzene rings is 2. The van der Waals surface area contributed by atoms with E-state index in [0.717, 1.165) is 23.5 Å². The van der Waals surface area contributed by atoms with Crippen molar-refractivity contribution in [3.05, 3.63) is 42.5 Å². The van der Waals surface area contributed by atoms with Crippen LogP contribution in [0.25, 0.3) is 0 Å². The Balaban J connectivity index is 2.18. The zero-order valence-corrected chi connectivity index (χ0v) is 12.7. The quantitative estimate of drug-likeness (QED) is 0.781. The van der Waals surface area contributed by atoms with Crippen molar-refractivity contribution >= 4 is 17.1 Å². The first-order valence-corrected chi connectivity index (χ1v) is 7.10. The van der Waals surface area contributed by atoms with Gasteiger partial charge in [0.2, 0.25) is 0 Å². The predicted octanol–water partition coefficient (Wildman–Crippen LogP) is 4.20. The highest BCUT2D eigenvalue weighted by Crippen LogP contribution is 2.32. The van der Waals surface area contributed by atoms with Gasteiger partial charge in [-0.1, -0.05) is 19.1 Å². The first-order chi connectivity index (χ1) is 10.1. The molecule has 0 spiro atoms. The van der Waals surface area contributed by atoms with E-state index in [4.69, 9.17) is 15.2 Å². The molecule has 4 nitrogen and oxygen atoms in total. The van der Waals surface area contributed by atoms with Gasteiger partial charge in [0.05, 0.1) is 24.6 Å². The van der Waals surface area contributed by atoms with Crippen molar-refractivity contribution in [1.29, 1.82) is 0 Å². The Bertz CT molecular complexity index is 599. The maximum atomic E-state index is 6.06. The van der Waals surface area contributed by atoms with Crippen LogP contribution in [0.15, 0.2) is 42.5 Å². The summed E-state index contributed by atoms with van der Waals surface area (Å²) in [5.41, 5.74) is 8.40. The molecule has 0 aliphatic carbocycles. The average Bonchev–Trinajstić information content (AvgIpc) is 2.49. The maximum absolute atomic E-state index is 6.06. The highest BCUT2D eigenvalue weighted by atomic mass is 16.5. The third-order valence-corrected chi connectivity index (χ3v) is 3.31. The molecule has 0 amide bonds. The Morgan fingerprint density at radius 1 is 1.19 bits per heavy atom. The number of nitrogens with one attached hydrogen (secondary N) is 1. The van der Waals surface area contributed by atoms with E-state index in [2.05, 4.69) is 19.2 Å². The monoisotopic (exact) mass is 286 g/mol. The van der Waals surface area contributed by atoms with Gasteiger partial charge in [-0.25, -0.2) is 0 Å². The molecular formula is C17H22N2O2. The summed E-state index contributed by atoms with van der Waals surface area (Å²) in [7, 11) is 1.61. The lowest BCUT2D eigenvalue weighted by atomic mass is 10.2. The van der Waals surface area contributed by atoms with Gasteiger partial charge in [-0.3, -0.25) is 0 Å². The molecule has 0 saturated carbocycles. The Morgan fingerprint density at radius 2 is 1.95 bits per heavy atom. The van der Waals surface area contributed by atoms with Crippen LogP contribution in [0.1, 0.15) is 20.3 Å². The van der Waals surface area contributed by atoms with Crippen LogP contribution in [0.2, 0.25) is 0 Å². The molecule has 0 fully saturated rings. The second kappa shape index (κ2) is 6.88. The van der Waals surface area contributed by atoms with E-state index in [1.54, 1.807) is 7.11 Å². The largest absolute Gasteiger partial charge is 0.495 e. The summed E-state index contributed by atoms with van der Waals surface area (Å²) in [6.07, 6.45) is 1.17. The standard InChI is InChI=1S/C17H22N2O2/c1-4-12(2)21-14-8-5-7-13(11-14)19-15-9-6-10-16(20-3)17(15)18/h5-12,19H,4,18H2,1-3H3. The van der Waals surface area contributed by atoms with Crippen molar-refractivity contribution < 1.29 is 9.47 Å². The highest BCUT2D eigenvalue weighted by molar-refractivity contribution is 5.77. The van der Waals surface area contributed by atoms with E-state index >= 15 is 0 Å². The van der Waals surface area contributed by atoms with Gasteiger partial charge < -0.3 is 20.5 Å². The number of nitrogens with two attached hydrogens (primary N) is 1. The summed E-state index contributed by atoms with van der Waals surface area (Å²) in [5.74, 6) is 1.50. The van der Waals surface area contributed by atoms with Gasteiger partial charge in [-0.15, -0.1) is 0 Å². The lowest BCUT2D eigenvalue weighted by Crippen LogP contribution is -2.09. The number of para-hydroxylation sites is 1. The van der Waals surface area contributed by atoms with Crippen molar-refractivity contribution in [3.63, 3.8) is 0 Å². The Hall–Kier alpha value is -2.36. The highest BCUT2D eigenvalue weighted by Gasteiger charge is 2.06. The number of methoxy groups -OCH3 is 1. The van der Waals surface area contributed by atoms with Crippen molar-refractivity contribution in [3.8, 4) is 11.5 Å². The number of hydrogen-bond acceptors (Lipinski definition) is 4. The van der Waals surface area contributed by atoms with Gasteiger partial charge in [0, 0.05) is 11.8 Å². The van der Waals surface area contributed by atoms with E-state index in [1.807, 2.05) is 42.5 Å². The molecular weight excluding hydrogens is 264 g/mol. The number of ether oxygens (including phenoxy) is 2. The fraction of sp³-hybridized carbons (Fsp3) is 0.294. The molecule has 21 heavy (non-hydrogen) atoms. The smallest absolute Gasteiger partial charge is 0.143 e. The first-order valence-electron chi connectivity index (χ1n) is 7.10. The topological polar surface area (TPSA) is 56.5 Å². The zero-order valence-electron chi connectivity index (χ0n) is 12.7. The molecule has 3 N–H and O–H groups in total. The minimum Gasteiger partial charge on any atom is -0.495 e. The Kier molecular flexibility index (Phi) is 4.93. The molecule has 1 atom stereocenters. The summed E-state index contributed by atoms with van der Waals surface area (Å²) in [6.45, 7) is 4.16. The van der Waals surface area contributed by atoms with Gasteiger partial charge >= 0.3 is 0 Å². The van der Waals surface area contributed by atoms with Crippen LogP contribution in [0.5, 0.6) is 11.5 Å². The molecule has 0 bridgehead atoms. The van der Waals surface area contributed by atoms with Crippen LogP contribution >= 0.6 is 0 Å². The molecule has 2 aromatic rings. The molecule has 0 aliphatic rings. The van der Waals surface area contributed by atoms with Crippen molar-refractivity contribution in [2.75, 3.05) is 18.2 Å². The normalized spacial score (nSPS) is 11.8. The molecule has 0 aliphatic heterocycles. The van der Waals surface area contributed by atoms with E-state index < -0.39 is 0 Å². The van der Waals surface area contributed by atoms with E-state index in [0.29, 0.717) is 11.4 Å². The van der Waals surface area contributed by atoms with E-state index in [1.165, 1.54) is 0 Å². The van der Waals surface area contributed by atoms with E-state index in [9.17, 15) is 0 Å². The Labute approximate surface area is 125 Å². The third-order valence-electron chi connectivity index (χ3n) is 3.31. The van der Waals surface area contributed by atoms with Gasteiger partial charge in [0.15, 0.2) is 0 Å². The van der Waals surface area contributed by atoms with Crippen molar-refractivity contribution in [1.82, 2.24) is 0 Å². The van der Waals surface area contributed by atoms with Crippen molar-refractivity contribution in [2.45, 2.75) is 26.4 Å². The van der Waals surface area contributed by atoms with E-state index in [-0.39, 0.29) is 6.10 Å². The van der Waals surface area contributed by atoms with Crippen molar-refractivity contribution in [2.24, 2.45) is 0 Å². The van der Waals surface area contributed by atoms with Gasteiger partial charge in [0.1, 0.15) is 11.5 Å². The number of hydrogen-bond donors (Lipinski definition) is 2. The zero-order chi connectivity index (χ0) is 15.2. The lowest BCUT2D eigenvalue weighted by Gasteiger charge is -2.15. The summed E-state index contributed by atoms with van der Waals surface area (Å²) >= 11 is 0. The molecule has 2 rings (SSSR count). The maximum Gasteiger partial charge on any atom is 0.143 e. The van der Waals surface area contributed by atoms with Crippen LogP contribution in [0, 0.1) is 0 Å². The summed E-state index contributed by atoms with van der Waals surface area (Å²) in [6, 6.07) is 13.5. The fourth-order valence-corrected chi connectivity index (χ4v) is 1.95. The van der Waals surface area contributed by atoms with Gasteiger partial charge in [-0.05, 0) is 37.6 Å². The summed E-state index contributed by atoms with van der Waals surface area (Å²) in [4.78, 5) is 0. The molecule has 0 heterocycles. The molecule has 112 valence electrons. The lowest BCUT2D eigenvalue weighted by molar-refractivity contribution is 0.217. The fourth-order valence-electron chi connectivity index (χ4n) is 1.95. The molecule has 0 aromatic heterocycles. The molecule has 4 heteroatoms. The average molecular weight is 286 g/mol.